The van der Waals surface area contributed by atoms with Crippen LogP contribution in [-0.4, -0.2) is 55.2 Å². The fourth-order valence-corrected chi connectivity index (χ4v) is 3.37. The van der Waals surface area contributed by atoms with E-state index in [4.69, 9.17) is 4.74 Å². The number of urea groups is 1. The van der Waals surface area contributed by atoms with Gasteiger partial charge in [0, 0.05) is 32.2 Å². The monoisotopic (exact) mass is 320 g/mol. The Bertz CT molecular complexity index is 613. The quantitative estimate of drug-likeness (QED) is 0.672. The maximum atomic E-state index is 11.7. The molecule has 0 aromatic heterocycles. The molecular weight excluding hydrogens is 300 g/mol. The van der Waals surface area contributed by atoms with Crippen molar-refractivity contribution in [2.75, 3.05) is 38.2 Å². The number of benzene rings is 1. The first kappa shape index (κ1) is 15.4. The second-order valence-electron chi connectivity index (χ2n) is 5.73. The number of methoxy groups -OCH3 is 1. The number of nitro benzene ring substituents is 1. The van der Waals surface area contributed by atoms with E-state index in [1.165, 1.54) is 7.11 Å². The Hall–Kier alpha value is -2.51. The number of hydrogen-bond acceptors (Lipinski definition) is 5. The lowest BCUT2D eigenvalue weighted by molar-refractivity contribution is -0.385. The molecule has 1 aromatic carbocycles. The van der Waals surface area contributed by atoms with Gasteiger partial charge in [0.1, 0.15) is 5.69 Å². The van der Waals surface area contributed by atoms with Gasteiger partial charge in [-0.25, -0.2) is 4.79 Å². The molecule has 0 unspecified atom stereocenters. The summed E-state index contributed by atoms with van der Waals surface area (Å²) in [6.45, 7) is 2.80. The van der Waals surface area contributed by atoms with Gasteiger partial charge in [0.2, 0.25) is 0 Å². The summed E-state index contributed by atoms with van der Waals surface area (Å²) < 4.78 is 5.13. The number of nitro groups is 1. The van der Waals surface area contributed by atoms with Crippen molar-refractivity contribution in [3.63, 3.8) is 0 Å². The number of hydrogen-bond donors (Lipinski definition) is 1. The molecule has 3 rings (SSSR count). The largest absolute Gasteiger partial charge is 0.490 e. The van der Waals surface area contributed by atoms with E-state index in [9.17, 15) is 14.9 Å². The highest BCUT2D eigenvalue weighted by atomic mass is 16.6. The molecule has 0 bridgehead atoms. The van der Waals surface area contributed by atoms with Crippen LogP contribution in [0.4, 0.5) is 16.2 Å². The number of anilines is 1. The zero-order valence-electron chi connectivity index (χ0n) is 13.0. The molecule has 0 atom stereocenters. The van der Waals surface area contributed by atoms with E-state index in [1.54, 1.807) is 18.2 Å². The first-order valence-electron chi connectivity index (χ1n) is 7.72. The van der Waals surface area contributed by atoms with Gasteiger partial charge in [0.05, 0.1) is 12.0 Å². The van der Waals surface area contributed by atoms with Gasteiger partial charge >= 0.3 is 11.7 Å². The van der Waals surface area contributed by atoms with Crippen molar-refractivity contribution >= 4 is 17.4 Å². The van der Waals surface area contributed by atoms with Crippen LogP contribution in [-0.2, 0) is 0 Å². The van der Waals surface area contributed by atoms with Crippen LogP contribution in [0.2, 0.25) is 0 Å². The van der Waals surface area contributed by atoms with Crippen molar-refractivity contribution in [3.8, 4) is 5.75 Å². The van der Waals surface area contributed by atoms with Crippen LogP contribution in [0.1, 0.15) is 12.8 Å². The molecule has 8 heteroatoms. The summed E-state index contributed by atoms with van der Waals surface area (Å²) in [5.74, 6) is 0.272. The molecule has 0 aliphatic carbocycles. The maximum absolute atomic E-state index is 11.7. The fraction of sp³-hybridized carbons (Fsp3) is 0.533. The van der Waals surface area contributed by atoms with Gasteiger partial charge in [-0.3, -0.25) is 10.1 Å². The summed E-state index contributed by atoms with van der Waals surface area (Å²) in [6.07, 6.45) is 1.61. The van der Waals surface area contributed by atoms with Gasteiger partial charge in [-0.05, 0) is 25.0 Å². The average molecular weight is 320 g/mol. The Kier molecular flexibility index (Phi) is 4.22. The number of carbonyl (C=O) groups is 1. The van der Waals surface area contributed by atoms with Crippen LogP contribution < -0.4 is 15.0 Å². The minimum absolute atomic E-state index is 0.00388. The summed E-state index contributed by atoms with van der Waals surface area (Å²) in [4.78, 5) is 26.6. The first-order chi connectivity index (χ1) is 11.1. The average Bonchev–Trinajstić information content (AvgIpc) is 3.00. The SMILES string of the molecule is COc1cccc(N2CCC(N3CCNC3=O)CC2)c1[N+](=O)[O-]. The third-order valence-corrected chi connectivity index (χ3v) is 4.52. The van der Waals surface area contributed by atoms with Gasteiger partial charge in [0.25, 0.3) is 0 Å². The zero-order valence-corrected chi connectivity index (χ0v) is 13.0. The van der Waals surface area contributed by atoms with E-state index in [-0.39, 0.29) is 23.5 Å². The van der Waals surface area contributed by atoms with Gasteiger partial charge in [0.15, 0.2) is 5.75 Å². The van der Waals surface area contributed by atoms with Crippen LogP contribution >= 0.6 is 0 Å². The molecule has 1 aromatic rings. The number of nitrogens with zero attached hydrogens (tertiary/aromatic N) is 3. The van der Waals surface area contributed by atoms with Gasteiger partial charge < -0.3 is 19.9 Å². The predicted octanol–water partition coefficient (Wildman–Crippen LogP) is 1.60. The minimum atomic E-state index is -0.395. The van der Waals surface area contributed by atoms with Gasteiger partial charge in [-0.15, -0.1) is 0 Å². The van der Waals surface area contributed by atoms with E-state index >= 15 is 0 Å². The van der Waals surface area contributed by atoms with Crippen LogP contribution in [0.25, 0.3) is 0 Å². The number of para-hydroxylation sites is 1. The Balaban J connectivity index is 1.75. The second kappa shape index (κ2) is 6.31. The summed E-state index contributed by atoms with van der Waals surface area (Å²) in [5.41, 5.74) is 0.589. The lowest BCUT2D eigenvalue weighted by Gasteiger charge is -2.37. The molecule has 2 amide bonds. The lowest BCUT2D eigenvalue weighted by Crippen LogP contribution is -2.46. The smallest absolute Gasteiger partial charge is 0.333 e. The van der Waals surface area contributed by atoms with E-state index in [0.29, 0.717) is 25.3 Å². The van der Waals surface area contributed by atoms with Crippen LogP contribution in [0.5, 0.6) is 5.75 Å². The highest BCUT2D eigenvalue weighted by Crippen LogP contribution is 2.38. The molecule has 0 saturated carbocycles. The third-order valence-electron chi connectivity index (χ3n) is 4.52. The van der Waals surface area contributed by atoms with Crippen LogP contribution in [0.15, 0.2) is 18.2 Å². The Morgan fingerprint density at radius 1 is 1.30 bits per heavy atom. The second-order valence-corrected chi connectivity index (χ2v) is 5.73. The molecule has 1 N–H and O–H groups in total. The number of carbonyl (C=O) groups excluding carboxylic acids is 1. The summed E-state index contributed by atoms with van der Waals surface area (Å²) in [7, 11) is 1.43. The van der Waals surface area contributed by atoms with E-state index in [1.807, 2.05) is 9.80 Å². The minimum Gasteiger partial charge on any atom is -0.490 e. The standard InChI is InChI=1S/C15H20N4O4/c1-23-13-4-2-3-12(14(13)19(21)22)17-8-5-11(6-9-17)18-10-7-16-15(18)20/h2-4,11H,5-10H2,1H3,(H,16,20). The van der Waals surface area contributed by atoms with E-state index in [2.05, 4.69) is 5.32 Å². The Labute approximate surface area is 134 Å². The van der Waals surface area contributed by atoms with Crippen molar-refractivity contribution in [1.82, 2.24) is 10.2 Å². The highest BCUT2D eigenvalue weighted by molar-refractivity contribution is 5.76. The third kappa shape index (κ3) is 2.88. The van der Waals surface area contributed by atoms with Crippen LogP contribution in [0, 0.1) is 10.1 Å². The number of amides is 2. The molecule has 2 fully saturated rings. The number of piperidine rings is 1. The normalized spacial score (nSPS) is 18.9. The number of rotatable bonds is 4. The van der Waals surface area contributed by atoms with E-state index < -0.39 is 4.92 Å². The van der Waals surface area contributed by atoms with Gasteiger partial charge in [-0.1, -0.05) is 6.07 Å². The lowest BCUT2D eigenvalue weighted by atomic mass is 10.0. The molecule has 2 aliphatic heterocycles. The summed E-state index contributed by atoms with van der Waals surface area (Å²) >= 11 is 0. The topological polar surface area (TPSA) is 88.0 Å². The molecule has 2 saturated heterocycles. The molecule has 8 nitrogen and oxygen atoms in total. The molecule has 2 aliphatic rings. The van der Waals surface area contributed by atoms with Crippen molar-refractivity contribution in [2.24, 2.45) is 0 Å². The van der Waals surface area contributed by atoms with Crippen molar-refractivity contribution < 1.29 is 14.5 Å². The first-order valence-corrected chi connectivity index (χ1v) is 7.72. The molecule has 23 heavy (non-hydrogen) atoms. The fourth-order valence-electron chi connectivity index (χ4n) is 3.37. The molecule has 0 radical (unpaired) electrons. The van der Waals surface area contributed by atoms with Crippen LogP contribution in [0.3, 0.4) is 0 Å². The summed E-state index contributed by atoms with van der Waals surface area (Å²) in [5, 5.41) is 14.2. The van der Waals surface area contributed by atoms with Crippen molar-refractivity contribution in [1.29, 1.82) is 0 Å². The van der Waals surface area contributed by atoms with Crippen molar-refractivity contribution in [2.45, 2.75) is 18.9 Å². The zero-order chi connectivity index (χ0) is 16.4. The van der Waals surface area contributed by atoms with E-state index in [0.717, 1.165) is 19.4 Å². The number of nitrogens with one attached hydrogen (secondary N) is 1. The number of ether oxygens (including phenoxy) is 1. The highest BCUT2D eigenvalue weighted by Gasteiger charge is 2.33. The Morgan fingerprint density at radius 2 is 2.04 bits per heavy atom. The Morgan fingerprint density at radius 3 is 2.61 bits per heavy atom. The summed E-state index contributed by atoms with van der Waals surface area (Å²) in [6, 6.07) is 5.32. The van der Waals surface area contributed by atoms with Gasteiger partial charge in [-0.2, -0.15) is 0 Å². The predicted molar refractivity (Wildman–Crippen MR) is 85.0 cm³/mol. The van der Waals surface area contributed by atoms with Crippen molar-refractivity contribution in [3.05, 3.63) is 28.3 Å². The molecule has 124 valence electrons. The molecule has 0 spiro atoms. The molecule has 2 heterocycles. The maximum Gasteiger partial charge on any atom is 0.333 e. The molecular formula is C15H20N4O4.